The first-order chi connectivity index (χ1) is 10.6. The van der Waals surface area contributed by atoms with Crippen LogP contribution in [0, 0.1) is 6.92 Å². The molecule has 22 heavy (non-hydrogen) atoms. The number of carbonyl (C=O) groups is 1. The average molecular weight is 305 g/mol. The van der Waals surface area contributed by atoms with E-state index in [0.29, 0.717) is 24.4 Å². The molecule has 118 valence electrons. The molecule has 1 amide bonds. The molecule has 0 aliphatic heterocycles. The Morgan fingerprint density at radius 2 is 2.09 bits per heavy atom. The maximum atomic E-state index is 11.5. The second-order valence-electron chi connectivity index (χ2n) is 5.12. The lowest BCUT2D eigenvalue weighted by Crippen LogP contribution is -2.17. The lowest BCUT2D eigenvalue weighted by Gasteiger charge is -2.08. The monoisotopic (exact) mass is 305 g/mol. The normalized spacial score (nSPS) is 10.6. The van der Waals surface area contributed by atoms with Crippen molar-refractivity contribution < 1.29 is 19.2 Å². The Morgan fingerprint density at radius 3 is 2.86 bits per heavy atom. The fourth-order valence-corrected chi connectivity index (χ4v) is 2.16. The van der Waals surface area contributed by atoms with Crippen molar-refractivity contribution in [1.82, 2.24) is 5.48 Å². The van der Waals surface area contributed by atoms with Gasteiger partial charge in [0.05, 0.1) is 18.1 Å². The summed E-state index contributed by atoms with van der Waals surface area (Å²) >= 11 is 0. The first-order valence-electron chi connectivity index (χ1n) is 7.20. The van der Waals surface area contributed by atoms with E-state index in [9.17, 15) is 9.59 Å². The average Bonchev–Trinajstić information content (AvgIpc) is 2.49. The van der Waals surface area contributed by atoms with E-state index in [0.717, 1.165) is 23.8 Å². The van der Waals surface area contributed by atoms with Crippen LogP contribution >= 0.6 is 0 Å². The number of ether oxygens (including phenoxy) is 1. The lowest BCUT2D eigenvalue weighted by molar-refractivity contribution is -0.129. The highest BCUT2D eigenvalue weighted by molar-refractivity contribution is 5.83. The molecule has 0 spiro atoms. The topological polar surface area (TPSA) is 88.8 Å². The highest BCUT2D eigenvalue weighted by Crippen LogP contribution is 2.24. The number of nitrogens with one attached hydrogen (secondary N) is 1. The maximum Gasteiger partial charge on any atom is 0.339 e. The standard InChI is InChI=1S/C16H19NO5/c1-11-6-7-12-13(10-16(19)22-14(12)9-11)21-8-4-2-3-5-15(18)17-20/h6-7,9-10,20H,2-5,8H2,1H3,(H,17,18). The minimum absolute atomic E-state index is 0.285. The molecule has 6 heteroatoms. The van der Waals surface area contributed by atoms with Crippen LogP contribution in [0.3, 0.4) is 0 Å². The van der Waals surface area contributed by atoms with Crippen molar-refractivity contribution in [3.8, 4) is 5.75 Å². The number of hydrogen-bond donors (Lipinski definition) is 2. The maximum absolute atomic E-state index is 11.5. The molecule has 0 saturated heterocycles. The van der Waals surface area contributed by atoms with Gasteiger partial charge >= 0.3 is 5.63 Å². The molecule has 1 aromatic heterocycles. The number of carbonyl (C=O) groups excluding carboxylic acids is 1. The van der Waals surface area contributed by atoms with E-state index >= 15 is 0 Å². The van der Waals surface area contributed by atoms with Crippen LogP contribution in [0.5, 0.6) is 5.75 Å². The third-order valence-corrected chi connectivity index (χ3v) is 3.29. The zero-order valence-electron chi connectivity index (χ0n) is 12.4. The summed E-state index contributed by atoms with van der Waals surface area (Å²) in [5.74, 6) is 0.127. The summed E-state index contributed by atoms with van der Waals surface area (Å²) in [4.78, 5) is 22.4. The number of benzene rings is 1. The summed E-state index contributed by atoms with van der Waals surface area (Å²) in [6, 6.07) is 6.95. The molecule has 0 fully saturated rings. The first kappa shape index (κ1) is 16.0. The fourth-order valence-electron chi connectivity index (χ4n) is 2.16. The minimum atomic E-state index is -0.437. The zero-order chi connectivity index (χ0) is 15.9. The zero-order valence-corrected chi connectivity index (χ0v) is 12.4. The largest absolute Gasteiger partial charge is 0.493 e. The Bertz CT molecular complexity index is 707. The third-order valence-electron chi connectivity index (χ3n) is 3.29. The van der Waals surface area contributed by atoms with Crippen molar-refractivity contribution in [2.75, 3.05) is 6.61 Å². The number of hydroxylamine groups is 1. The molecule has 6 nitrogen and oxygen atoms in total. The van der Waals surface area contributed by atoms with Crippen LogP contribution in [0.4, 0.5) is 0 Å². The number of amides is 1. The van der Waals surface area contributed by atoms with Gasteiger partial charge in [0.15, 0.2) is 0 Å². The molecule has 0 saturated carbocycles. The SMILES string of the molecule is Cc1ccc2c(OCCCCCC(=O)NO)cc(=O)oc2c1. The predicted molar refractivity (Wildman–Crippen MR) is 81.1 cm³/mol. The second kappa shape index (κ2) is 7.61. The van der Waals surface area contributed by atoms with E-state index in [-0.39, 0.29) is 12.3 Å². The van der Waals surface area contributed by atoms with E-state index < -0.39 is 5.63 Å². The number of fused-ring (bicyclic) bond motifs is 1. The van der Waals surface area contributed by atoms with Crippen LogP contribution in [-0.4, -0.2) is 17.7 Å². The van der Waals surface area contributed by atoms with E-state index in [2.05, 4.69) is 0 Å². The predicted octanol–water partition coefficient (Wildman–Crippen LogP) is 2.55. The number of rotatable bonds is 7. The smallest absolute Gasteiger partial charge is 0.339 e. The third kappa shape index (κ3) is 4.33. The molecule has 1 heterocycles. The second-order valence-corrected chi connectivity index (χ2v) is 5.12. The molecular weight excluding hydrogens is 286 g/mol. The van der Waals surface area contributed by atoms with E-state index in [1.54, 1.807) is 11.5 Å². The van der Waals surface area contributed by atoms with Gasteiger partial charge in [-0.05, 0) is 43.9 Å². The van der Waals surface area contributed by atoms with Gasteiger partial charge in [0.25, 0.3) is 0 Å². The highest BCUT2D eigenvalue weighted by Gasteiger charge is 2.07. The quantitative estimate of drug-likeness (QED) is 0.355. The summed E-state index contributed by atoms with van der Waals surface area (Å²) in [6.45, 7) is 2.38. The van der Waals surface area contributed by atoms with Crippen molar-refractivity contribution in [3.05, 3.63) is 40.2 Å². The van der Waals surface area contributed by atoms with Gasteiger partial charge in [-0.1, -0.05) is 6.07 Å². The summed E-state index contributed by atoms with van der Waals surface area (Å²) in [6.07, 6.45) is 2.51. The molecule has 0 aliphatic rings. The number of unbranched alkanes of at least 4 members (excludes halogenated alkanes) is 2. The van der Waals surface area contributed by atoms with Crippen molar-refractivity contribution in [2.24, 2.45) is 0 Å². The molecule has 0 radical (unpaired) electrons. The van der Waals surface area contributed by atoms with Crippen LogP contribution in [0.2, 0.25) is 0 Å². The van der Waals surface area contributed by atoms with Crippen molar-refractivity contribution in [3.63, 3.8) is 0 Å². The Kier molecular flexibility index (Phi) is 5.55. The summed E-state index contributed by atoms with van der Waals surface area (Å²) in [5, 5.41) is 9.14. The number of aryl methyl sites for hydroxylation is 1. The van der Waals surface area contributed by atoms with E-state index in [1.165, 1.54) is 6.07 Å². The van der Waals surface area contributed by atoms with Crippen molar-refractivity contribution in [1.29, 1.82) is 0 Å². The minimum Gasteiger partial charge on any atom is -0.493 e. The van der Waals surface area contributed by atoms with Crippen LogP contribution in [0.25, 0.3) is 11.0 Å². The molecule has 0 atom stereocenters. The lowest BCUT2D eigenvalue weighted by atomic mass is 10.1. The van der Waals surface area contributed by atoms with E-state index in [1.807, 2.05) is 19.1 Å². The molecule has 2 N–H and O–H groups in total. The molecule has 2 rings (SSSR count). The molecule has 1 aromatic carbocycles. The van der Waals surface area contributed by atoms with Gasteiger partial charge < -0.3 is 9.15 Å². The highest BCUT2D eigenvalue weighted by atomic mass is 16.5. The van der Waals surface area contributed by atoms with Crippen LogP contribution in [0.15, 0.2) is 33.5 Å². The van der Waals surface area contributed by atoms with Gasteiger partial charge in [-0.25, -0.2) is 10.3 Å². The van der Waals surface area contributed by atoms with Crippen LogP contribution < -0.4 is 15.8 Å². The Balaban J connectivity index is 1.92. The molecule has 0 bridgehead atoms. The van der Waals surface area contributed by atoms with Gasteiger partial charge in [0, 0.05) is 6.42 Å². The van der Waals surface area contributed by atoms with Crippen LogP contribution in [0.1, 0.15) is 31.2 Å². The van der Waals surface area contributed by atoms with Gasteiger partial charge in [-0.2, -0.15) is 0 Å². The van der Waals surface area contributed by atoms with Gasteiger partial charge in [-0.3, -0.25) is 10.0 Å². The van der Waals surface area contributed by atoms with Gasteiger partial charge in [-0.15, -0.1) is 0 Å². The molecular formula is C16H19NO5. The molecule has 0 unspecified atom stereocenters. The van der Waals surface area contributed by atoms with Gasteiger partial charge in [0.2, 0.25) is 5.91 Å². The van der Waals surface area contributed by atoms with Crippen molar-refractivity contribution >= 4 is 16.9 Å². The summed E-state index contributed by atoms with van der Waals surface area (Å²) < 4.78 is 10.8. The first-order valence-corrected chi connectivity index (χ1v) is 7.20. The van der Waals surface area contributed by atoms with Crippen LogP contribution in [-0.2, 0) is 4.79 Å². The Labute approximate surface area is 127 Å². The summed E-state index contributed by atoms with van der Waals surface area (Å²) in [5.41, 5.74) is 2.69. The molecule has 2 aromatic rings. The summed E-state index contributed by atoms with van der Waals surface area (Å²) in [7, 11) is 0. The Morgan fingerprint density at radius 1 is 1.27 bits per heavy atom. The number of hydrogen-bond acceptors (Lipinski definition) is 5. The molecule has 0 aliphatic carbocycles. The van der Waals surface area contributed by atoms with Crippen molar-refractivity contribution in [2.45, 2.75) is 32.6 Å². The fraction of sp³-hybridized carbons (Fsp3) is 0.375. The Hall–Kier alpha value is -2.34. The van der Waals surface area contributed by atoms with E-state index in [4.69, 9.17) is 14.4 Å². The van der Waals surface area contributed by atoms with Gasteiger partial charge in [0.1, 0.15) is 11.3 Å².